The third-order valence-electron chi connectivity index (χ3n) is 4.36. The summed E-state index contributed by atoms with van der Waals surface area (Å²) in [5.74, 6) is -0.492. The second kappa shape index (κ2) is 6.93. The molecule has 1 atom stereocenters. The molecule has 3 rings (SSSR count). The molecule has 2 aromatic rings. The van der Waals surface area contributed by atoms with Gasteiger partial charge in [0.15, 0.2) is 0 Å². The maximum atomic E-state index is 13.4. The third-order valence-corrected chi connectivity index (χ3v) is 4.36. The van der Waals surface area contributed by atoms with E-state index in [-0.39, 0.29) is 11.7 Å². The Balaban J connectivity index is 1.65. The molecule has 3 amide bonds. The number of amides is 3. The molecule has 6 heteroatoms. The predicted octanol–water partition coefficient (Wildman–Crippen LogP) is 3.37. The van der Waals surface area contributed by atoms with Crippen molar-refractivity contribution in [2.75, 3.05) is 16.8 Å². The van der Waals surface area contributed by atoms with Crippen molar-refractivity contribution in [1.29, 1.82) is 0 Å². The Morgan fingerprint density at radius 3 is 2.64 bits per heavy atom. The summed E-state index contributed by atoms with van der Waals surface area (Å²) < 4.78 is 13.4. The first-order valence-electron chi connectivity index (χ1n) is 8.16. The molecular formula is C19H20FN3O2. The van der Waals surface area contributed by atoms with Crippen molar-refractivity contribution in [1.82, 2.24) is 5.32 Å². The molecule has 2 N–H and O–H groups in total. The lowest BCUT2D eigenvalue weighted by atomic mass is 10.2. The summed E-state index contributed by atoms with van der Waals surface area (Å²) in [4.78, 5) is 26.3. The van der Waals surface area contributed by atoms with Crippen molar-refractivity contribution in [3.8, 4) is 0 Å². The molecule has 2 aromatic carbocycles. The van der Waals surface area contributed by atoms with Gasteiger partial charge in [-0.2, -0.15) is 0 Å². The van der Waals surface area contributed by atoms with Crippen LogP contribution < -0.4 is 15.5 Å². The molecule has 0 bridgehead atoms. The van der Waals surface area contributed by atoms with E-state index in [4.69, 9.17) is 0 Å². The third kappa shape index (κ3) is 3.63. The van der Waals surface area contributed by atoms with Crippen molar-refractivity contribution in [2.24, 2.45) is 0 Å². The number of nitrogens with zero attached hydrogens (tertiary/aromatic N) is 1. The number of carbonyl (C=O) groups excluding carboxylic acids is 2. The summed E-state index contributed by atoms with van der Waals surface area (Å²) in [6, 6.07) is 11.0. The van der Waals surface area contributed by atoms with Gasteiger partial charge >= 0.3 is 6.03 Å². The van der Waals surface area contributed by atoms with Gasteiger partial charge in [-0.3, -0.25) is 4.79 Å². The zero-order chi connectivity index (χ0) is 18.0. The molecule has 0 aromatic heterocycles. The molecule has 5 nitrogen and oxygen atoms in total. The van der Waals surface area contributed by atoms with Gasteiger partial charge < -0.3 is 15.5 Å². The van der Waals surface area contributed by atoms with Gasteiger partial charge in [0.1, 0.15) is 11.9 Å². The Bertz CT molecular complexity index is 822. The second-order valence-corrected chi connectivity index (χ2v) is 6.18. The van der Waals surface area contributed by atoms with Crippen molar-refractivity contribution in [3.05, 3.63) is 59.4 Å². The molecular weight excluding hydrogens is 321 g/mol. The van der Waals surface area contributed by atoms with E-state index in [0.29, 0.717) is 29.9 Å². The first-order valence-corrected chi connectivity index (χ1v) is 8.16. The van der Waals surface area contributed by atoms with Crippen LogP contribution in [0.3, 0.4) is 0 Å². The minimum atomic E-state index is -0.589. The standard InChI is InChI=1S/C19H20FN3O2/c1-12-5-3-4-6-16(12)21-19(25)22-17-9-10-23(18(17)24)14-7-8-15(20)13(2)11-14/h3-8,11,17H,9-10H2,1-2H3,(H2,21,22,25)/t17-/m0/s1. The Hall–Kier alpha value is -2.89. The molecule has 1 heterocycles. The number of para-hydroxylation sites is 1. The van der Waals surface area contributed by atoms with E-state index in [2.05, 4.69) is 10.6 Å². The molecule has 0 unspecified atom stereocenters. The van der Waals surface area contributed by atoms with Gasteiger partial charge in [-0.15, -0.1) is 0 Å². The summed E-state index contributed by atoms with van der Waals surface area (Å²) in [5, 5.41) is 5.47. The molecule has 130 valence electrons. The fourth-order valence-corrected chi connectivity index (χ4v) is 2.90. The van der Waals surface area contributed by atoms with Crippen molar-refractivity contribution < 1.29 is 14.0 Å². The highest BCUT2D eigenvalue weighted by Crippen LogP contribution is 2.24. The topological polar surface area (TPSA) is 61.4 Å². The fraction of sp³-hybridized carbons (Fsp3) is 0.263. The monoisotopic (exact) mass is 341 g/mol. The van der Waals surface area contributed by atoms with E-state index >= 15 is 0 Å². The lowest BCUT2D eigenvalue weighted by Crippen LogP contribution is -2.43. The van der Waals surface area contributed by atoms with E-state index in [1.807, 2.05) is 25.1 Å². The van der Waals surface area contributed by atoms with Crippen LogP contribution in [0.25, 0.3) is 0 Å². The predicted molar refractivity (Wildman–Crippen MR) is 95.2 cm³/mol. The number of aryl methyl sites for hydroxylation is 2. The molecule has 0 aliphatic carbocycles. The SMILES string of the molecule is Cc1cc(N2CC[C@H](NC(=O)Nc3ccccc3C)C2=O)ccc1F. The quantitative estimate of drug-likeness (QED) is 0.899. The van der Waals surface area contributed by atoms with Crippen LogP contribution in [0.1, 0.15) is 17.5 Å². The van der Waals surface area contributed by atoms with Crippen molar-refractivity contribution in [2.45, 2.75) is 26.3 Å². The molecule has 0 saturated carbocycles. The van der Waals surface area contributed by atoms with Crippen molar-refractivity contribution >= 4 is 23.3 Å². The van der Waals surface area contributed by atoms with Crippen molar-refractivity contribution in [3.63, 3.8) is 0 Å². The average Bonchev–Trinajstić information content (AvgIpc) is 2.93. The fourth-order valence-electron chi connectivity index (χ4n) is 2.90. The van der Waals surface area contributed by atoms with Crippen LogP contribution in [-0.2, 0) is 4.79 Å². The van der Waals surface area contributed by atoms with Gasteiger partial charge in [0, 0.05) is 17.9 Å². The first-order chi connectivity index (χ1) is 12.0. The van der Waals surface area contributed by atoms with Gasteiger partial charge in [0.2, 0.25) is 5.91 Å². The smallest absolute Gasteiger partial charge is 0.319 e. The number of anilines is 2. The minimum Gasteiger partial charge on any atom is -0.326 e. The number of halogens is 1. The number of rotatable bonds is 3. The van der Waals surface area contributed by atoms with Crippen LogP contribution in [0, 0.1) is 19.7 Å². The molecule has 0 spiro atoms. The number of hydrogen-bond acceptors (Lipinski definition) is 2. The van der Waals surface area contributed by atoms with Crippen LogP contribution in [0.15, 0.2) is 42.5 Å². The van der Waals surface area contributed by atoms with Crippen LogP contribution >= 0.6 is 0 Å². The zero-order valence-corrected chi connectivity index (χ0v) is 14.2. The Labute approximate surface area is 145 Å². The normalized spacial score (nSPS) is 16.8. The number of nitrogens with one attached hydrogen (secondary N) is 2. The highest BCUT2D eigenvalue weighted by atomic mass is 19.1. The number of carbonyl (C=O) groups is 2. The summed E-state index contributed by atoms with van der Waals surface area (Å²) in [6.45, 7) is 4.04. The lowest BCUT2D eigenvalue weighted by molar-refractivity contribution is -0.118. The number of urea groups is 1. The molecule has 1 aliphatic heterocycles. The highest BCUT2D eigenvalue weighted by molar-refractivity contribution is 6.02. The number of benzene rings is 2. The van der Waals surface area contributed by atoms with Crippen LogP contribution in [-0.4, -0.2) is 24.5 Å². The molecule has 1 saturated heterocycles. The van der Waals surface area contributed by atoms with Gasteiger partial charge in [-0.05, 0) is 55.7 Å². The van der Waals surface area contributed by atoms with E-state index in [9.17, 15) is 14.0 Å². The van der Waals surface area contributed by atoms with E-state index in [1.165, 1.54) is 6.07 Å². The maximum absolute atomic E-state index is 13.4. The summed E-state index contributed by atoms with van der Waals surface area (Å²) in [6.07, 6.45) is 0.510. The summed E-state index contributed by atoms with van der Waals surface area (Å²) in [5.41, 5.74) is 2.78. The Morgan fingerprint density at radius 2 is 1.92 bits per heavy atom. The van der Waals surface area contributed by atoms with E-state index < -0.39 is 12.1 Å². The van der Waals surface area contributed by atoms with Gasteiger partial charge in [-0.25, -0.2) is 9.18 Å². The van der Waals surface area contributed by atoms with E-state index in [1.54, 1.807) is 30.0 Å². The highest BCUT2D eigenvalue weighted by Gasteiger charge is 2.33. The van der Waals surface area contributed by atoms with Crippen LogP contribution in [0.4, 0.5) is 20.6 Å². The Kier molecular flexibility index (Phi) is 4.70. The van der Waals surface area contributed by atoms with Gasteiger partial charge in [-0.1, -0.05) is 18.2 Å². The lowest BCUT2D eigenvalue weighted by Gasteiger charge is -2.18. The molecule has 0 radical (unpaired) electrons. The van der Waals surface area contributed by atoms with Crippen LogP contribution in [0.2, 0.25) is 0 Å². The number of hydrogen-bond donors (Lipinski definition) is 2. The molecule has 25 heavy (non-hydrogen) atoms. The van der Waals surface area contributed by atoms with E-state index in [0.717, 1.165) is 5.56 Å². The summed E-state index contributed by atoms with van der Waals surface area (Å²) >= 11 is 0. The largest absolute Gasteiger partial charge is 0.326 e. The van der Waals surface area contributed by atoms with Gasteiger partial charge in [0.05, 0.1) is 0 Å². The second-order valence-electron chi connectivity index (χ2n) is 6.18. The average molecular weight is 341 g/mol. The van der Waals surface area contributed by atoms with Gasteiger partial charge in [0.25, 0.3) is 0 Å². The van der Waals surface area contributed by atoms with Crippen LogP contribution in [0.5, 0.6) is 0 Å². The zero-order valence-electron chi connectivity index (χ0n) is 14.2. The summed E-state index contributed by atoms with van der Waals surface area (Å²) in [7, 11) is 0. The Morgan fingerprint density at radius 1 is 1.16 bits per heavy atom. The molecule has 1 aliphatic rings. The minimum absolute atomic E-state index is 0.189. The first kappa shape index (κ1) is 17.0. The molecule has 1 fully saturated rings. The maximum Gasteiger partial charge on any atom is 0.319 e.